The van der Waals surface area contributed by atoms with E-state index in [2.05, 4.69) is 18.4 Å². The zero-order valence-corrected chi connectivity index (χ0v) is 29.5. The summed E-state index contributed by atoms with van der Waals surface area (Å²) in [5.41, 5.74) is 0. The van der Waals surface area contributed by atoms with Crippen molar-refractivity contribution in [3.63, 3.8) is 0 Å². The van der Waals surface area contributed by atoms with Crippen LogP contribution in [-0.4, -0.2) is 65.7 Å². The van der Waals surface area contributed by atoms with Crippen LogP contribution in [0.5, 0.6) is 0 Å². The van der Waals surface area contributed by atoms with Crippen molar-refractivity contribution in [2.45, 2.75) is 180 Å². The highest BCUT2D eigenvalue weighted by molar-refractivity contribution is 7.47. The molecule has 0 aliphatic heterocycles. The number of carbonyl (C=O) groups excluding carboxylic acids is 2. The van der Waals surface area contributed by atoms with Crippen molar-refractivity contribution in [3.8, 4) is 0 Å². The van der Waals surface area contributed by atoms with Gasteiger partial charge in [0, 0.05) is 12.8 Å². The first-order valence-electron chi connectivity index (χ1n) is 18.0. The van der Waals surface area contributed by atoms with Crippen molar-refractivity contribution >= 4 is 19.8 Å². The summed E-state index contributed by atoms with van der Waals surface area (Å²) < 4.78 is 32.5. The van der Waals surface area contributed by atoms with E-state index in [4.69, 9.17) is 19.1 Å². The molecule has 0 heterocycles. The summed E-state index contributed by atoms with van der Waals surface area (Å²) in [6.07, 6.45) is 23.7. The van der Waals surface area contributed by atoms with Crippen molar-refractivity contribution in [1.29, 1.82) is 0 Å². The number of hydrogen-bond acceptors (Lipinski definition) is 9. The number of phosphoric acid groups is 1. The highest BCUT2D eigenvalue weighted by atomic mass is 31.2. The smallest absolute Gasteiger partial charge is 0.462 e. The van der Waals surface area contributed by atoms with Crippen LogP contribution in [-0.2, 0) is 32.7 Å². The number of ether oxygens (including phenoxy) is 2. The van der Waals surface area contributed by atoms with Gasteiger partial charge in [0.2, 0.25) is 0 Å². The molecule has 45 heavy (non-hydrogen) atoms. The van der Waals surface area contributed by atoms with Gasteiger partial charge in [0.05, 0.1) is 19.8 Å². The summed E-state index contributed by atoms with van der Waals surface area (Å²) in [6.45, 7) is 2.35. The topological polar surface area (TPSA) is 149 Å². The Morgan fingerprint density at radius 3 is 1.38 bits per heavy atom. The molecule has 3 N–H and O–H groups in total. The van der Waals surface area contributed by atoms with E-state index in [9.17, 15) is 24.2 Å². The van der Waals surface area contributed by atoms with E-state index in [0.717, 1.165) is 38.5 Å². The first kappa shape index (κ1) is 44.0. The van der Waals surface area contributed by atoms with Crippen LogP contribution >= 0.6 is 7.82 Å². The van der Waals surface area contributed by atoms with E-state index in [-0.39, 0.29) is 19.4 Å². The Labute approximate surface area is 273 Å². The molecule has 3 atom stereocenters. The lowest BCUT2D eigenvalue weighted by Crippen LogP contribution is -2.29. The molecule has 0 saturated heterocycles. The van der Waals surface area contributed by atoms with Crippen molar-refractivity contribution in [2.75, 3.05) is 26.4 Å². The maximum atomic E-state index is 12.5. The fourth-order valence-corrected chi connectivity index (χ4v) is 5.72. The molecule has 0 radical (unpaired) electrons. The monoisotopic (exact) mass is 666 g/mol. The van der Waals surface area contributed by atoms with Crippen LogP contribution in [0.1, 0.15) is 168 Å². The van der Waals surface area contributed by atoms with Gasteiger partial charge < -0.3 is 24.6 Å². The number of phosphoric ester groups is 1. The minimum absolute atomic E-state index is 0.190. The van der Waals surface area contributed by atoms with E-state index in [1.54, 1.807) is 0 Å². The number of unbranched alkanes of at least 4 members (excludes halogenated alkanes) is 20. The van der Waals surface area contributed by atoms with Crippen LogP contribution in [0.15, 0.2) is 0 Å². The van der Waals surface area contributed by atoms with E-state index < -0.39 is 51.8 Å². The molecule has 0 bridgehead atoms. The molecule has 0 saturated carbocycles. The molecule has 10 nitrogen and oxygen atoms in total. The molecule has 0 aromatic heterocycles. The SMILES string of the molecule is CCCCCCCCCCCCCCCC(=O)OCC(COP(=O)(O)OC[C@@H](O)CO)OC(=O)CCCCCCCCCCC. The van der Waals surface area contributed by atoms with Gasteiger partial charge >= 0.3 is 19.8 Å². The third-order valence-corrected chi connectivity index (χ3v) is 8.71. The van der Waals surface area contributed by atoms with Crippen LogP contribution in [0.3, 0.4) is 0 Å². The molecule has 0 aromatic carbocycles. The quantitative estimate of drug-likeness (QED) is 0.0348. The zero-order chi connectivity index (χ0) is 33.4. The summed E-state index contributed by atoms with van der Waals surface area (Å²) in [5, 5.41) is 18.2. The van der Waals surface area contributed by atoms with E-state index in [1.165, 1.54) is 89.9 Å². The van der Waals surface area contributed by atoms with Gasteiger partial charge in [-0.2, -0.15) is 0 Å². The number of esters is 2. The lowest BCUT2D eigenvalue weighted by Gasteiger charge is -2.20. The summed E-state index contributed by atoms with van der Waals surface area (Å²) in [4.78, 5) is 34.6. The molecule has 0 spiro atoms. The average molecular weight is 667 g/mol. The highest BCUT2D eigenvalue weighted by Crippen LogP contribution is 2.43. The fraction of sp³-hybridized carbons (Fsp3) is 0.941. The van der Waals surface area contributed by atoms with Crippen LogP contribution < -0.4 is 0 Å². The van der Waals surface area contributed by atoms with E-state index in [0.29, 0.717) is 12.8 Å². The molecule has 0 fully saturated rings. The lowest BCUT2D eigenvalue weighted by atomic mass is 10.0. The molecular weight excluding hydrogens is 599 g/mol. The van der Waals surface area contributed by atoms with Crippen molar-refractivity contribution in [1.82, 2.24) is 0 Å². The van der Waals surface area contributed by atoms with Gasteiger partial charge in [-0.05, 0) is 12.8 Å². The second kappa shape index (κ2) is 31.6. The largest absolute Gasteiger partial charge is 0.472 e. The predicted molar refractivity (Wildman–Crippen MR) is 178 cm³/mol. The Balaban J connectivity index is 4.35. The van der Waals surface area contributed by atoms with Crippen molar-refractivity contribution in [2.24, 2.45) is 0 Å². The minimum Gasteiger partial charge on any atom is -0.462 e. The second-order valence-electron chi connectivity index (χ2n) is 12.3. The highest BCUT2D eigenvalue weighted by Gasteiger charge is 2.27. The third-order valence-electron chi connectivity index (χ3n) is 7.76. The molecule has 0 amide bonds. The zero-order valence-electron chi connectivity index (χ0n) is 28.6. The summed E-state index contributed by atoms with van der Waals surface area (Å²) in [6, 6.07) is 0. The third kappa shape index (κ3) is 31.3. The molecule has 0 aliphatic rings. The maximum Gasteiger partial charge on any atom is 0.472 e. The van der Waals surface area contributed by atoms with Crippen LogP contribution in [0.2, 0.25) is 0 Å². The van der Waals surface area contributed by atoms with Crippen molar-refractivity contribution in [3.05, 3.63) is 0 Å². The number of aliphatic hydroxyl groups excluding tert-OH is 2. The van der Waals surface area contributed by atoms with Gasteiger partial charge in [-0.15, -0.1) is 0 Å². The van der Waals surface area contributed by atoms with E-state index in [1.807, 2.05) is 0 Å². The standard InChI is InChI=1S/C34H67O10P/c1-3-5-7-9-11-13-14-15-16-18-19-21-23-25-33(37)41-29-32(30-43-45(39,40)42-28-31(36)27-35)44-34(38)26-24-22-20-17-12-10-8-6-4-2/h31-32,35-36H,3-30H2,1-2H3,(H,39,40)/t31-,32?/m0/s1. The summed E-state index contributed by atoms with van der Waals surface area (Å²) >= 11 is 0. The van der Waals surface area contributed by atoms with Crippen LogP contribution in [0, 0.1) is 0 Å². The number of aliphatic hydroxyl groups is 2. The number of carbonyl (C=O) groups is 2. The van der Waals surface area contributed by atoms with Gasteiger partial charge in [0.25, 0.3) is 0 Å². The average Bonchev–Trinajstić information content (AvgIpc) is 3.02. The molecule has 268 valence electrons. The van der Waals surface area contributed by atoms with Gasteiger partial charge in [-0.3, -0.25) is 18.6 Å². The van der Waals surface area contributed by atoms with Gasteiger partial charge in [0.15, 0.2) is 6.10 Å². The maximum absolute atomic E-state index is 12.5. The molecule has 11 heteroatoms. The van der Waals surface area contributed by atoms with Crippen LogP contribution in [0.4, 0.5) is 0 Å². The number of hydrogen-bond donors (Lipinski definition) is 3. The molecular formula is C34H67O10P. The van der Waals surface area contributed by atoms with Crippen LogP contribution in [0.25, 0.3) is 0 Å². The normalized spacial score (nSPS) is 14.2. The summed E-state index contributed by atoms with van der Waals surface area (Å²) in [5.74, 6) is -0.920. The fourth-order valence-electron chi connectivity index (χ4n) is 4.93. The Hall–Kier alpha value is -1.03. The van der Waals surface area contributed by atoms with Crippen molar-refractivity contribution < 1.29 is 47.8 Å². The van der Waals surface area contributed by atoms with Gasteiger partial charge in [-0.25, -0.2) is 4.57 Å². The summed E-state index contributed by atoms with van der Waals surface area (Å²) in [7, 11) is -4.60. The Kier molecular flexibility index (Phi) is 30.8. The lowest BCUT2D eigenvalue weighted by molar-refractivity contribution is -0.161. The first-order valence-corrected chi connectivity index (χ1v) is 19.5. The van der Waals surface area contributed by atoms with Gasteiger partial charge in [0.1, 0.15) is 12.7 Å². The molecule has 0 aromatic rings. The Morgan fingerprint density at radius 1 is 0.578 bits per heavy atom. The molecule has 2 unspecified atom stereocenters. The predicted octanol–water partition coefficient (Wildman–Crippen LogP) is 8.33. The molecule has 0 rings (SSSR count). The minimum atomic E-state index is -4.60. The Morgan fingerprint density at radius 2 is 0.956 bits per heavy atom. The first-order chi connectivity index (χ1) is 21.7. The molecule has 0 aliphatic carbocycles. The van der Waals surface area contributed by atoms with E-state index >= 15 is 0 Å². The number of rotatable bonds is 34. The van der Waals surface area contributed by atoms with Gasteiger partial charge in [-0.1, -0.05) is 142 Å². The second-order valence-corrected chi connectivity index (χ2v) is 13.7. The Bertz CT molecular complexity index is 736.